The van der Waals surface area contributed by atoms with Crippen molar-refractivity contribution in [2.45, 2.75) is 19.4 Å². The lowest BCUT2D eigenvalue weighted by molar-refractivity contribution is 0.170. The lowest BCUT2D eigenvalue weighted by Crippen LogP contribution is -2.33. The van der Waals surface area contributed by atoms with Crippen molar-refractivity contribution in [3.8, 4) is 0 Å². The molecule has 1 aromatic carbocycles. The molecule has 0 amide bonds. The van der Waals surface area contributed by atoms with Crippen LogP contribution in [0.1, 0.15) is 25.0 Å². The van der Waals surface area contributed by atoms with Crippen molar-refractivity contribution in [1.29, 1.82) is 0 Å². The van der Waals surface area contributed by atoms with E-state index in [2.05, 4.69) is 5.32 Å². The average Bonchev–Trinajstić information content (AvgIpc) is 2.41. The minimum Gasteiger partial charge on any atom is -0.387 e. The number of nitrogens with one attached hydrogen (secondary N) is 1. The van der Waals surface area contributed by atoms with Gasteiger partial charge in [-0.05, 0) is 19.0 Å². The lowest BCUT2D eigenvalue weighted by atomic mass is 10.1. The maximum Gasteiger partial charge on any atom is 0.211 e. The third kappa shape index (κ3) is 6.09. The molecule has 0 aliphatic rings. The highest BCUT2D eigenvalue weighted by Crippen LogP contribution is 2.15. The fourth-order valence-corrected chi connectivity index (χ4v) is 2.96. The van der Waals surface area contributed by atoms with Gasteiger partial charge in [-0.2, -0.15) is 0 Å². The van der Waals surface area contributed by atoms with Gasteiger partial charge >= 0.3 is 0 Å². The summed E-state index contributed by atoms with van der Waals surface area (Å²) in [5, 5.41) is 12.9. The number of sulfonamides is 1. The monoisotopic (exact) mass is 318 g/mol. The van der Waals surface area contributed by atoms with E-state index in [0.29, 0.717) is 26.1 Å². The van der Waals surface area contributed by atoms with Crippen LogP contribution in [0.4, 0.5) is 4.39 Å². The highest BCUT2D eigenvalue weighted by atomic mass is 32.2. The van der Waals surface area contributed by atoms with Crippen LogP contribution in [-0.4, -0.2) is 50.3 Å². The molecule has 0 fully saturated rings. The van der Waals surface area contributed by atoms with Crippen LogP contribution in [0.25, 0.3) is 0 Å². The van der Waals surface area contributed by atoms with Gasteiger partial charge in [-0.15, -0.1) is 0 Å². The number of hydrogen-bond donors (Lipinski definition) is 2. The Morgan fingerprint density at radius 2 is 2.05 bits per heavy atom. The summed E-state index contributed by atoms with van der Waals surface area (Å²) < 4.78 is 37.6. The molecule has 0 aromatic heterocycles. The molecular weight excluding hydrogens is 295 g/mol. The molecule has 1 rings (SSSR count). The summed E-state index contributed by atoms with van der Waals surface area (Å²) in [7, 11) is -3.16. The largest absolute Gasteiger partial charge is 0.387 e. The van der Waals surface area contributed by atoms with Gasteiger partial charge in [0.2, 0.25) is 10.0 Å². The summed E-state index contributed by atoms with van der Waals surface area (Å²) in [6, 6.07) is 6.10. The zero-order valence-electron chi connectivity index (χ0n) is 12.4. The average molecular weight is 318 g/mol. The number of hydrogen-bond acceptors (Lipinski definition) is 4. The highest BCUT2D eigenvalue weighted by Gasteiger charge is 2.14. The summed E-state index contributed by atoms with van der Waals surface area (Å²) in [5.74, 6) is -0.430. The smallest absolute Gasteiger partial charge is 0.211 e. The summed E-state index contributed by atoms with van der Waals surface area (Å²) in [4.78, 5) is 0. The second-order valence-electron chi connectivity index (χ2n) is 4.85. The van der Waals surface area contributed by atoms with Crippen molar-refractivity contribution in [3.63, 3.8) is 0 Å². The van der Waals surface area contributed by atoms with Crippen LogP contribution >= 0.6 is 0 Å². The van der Waals surface area contributed by atoms with Crippen LogP contribution in [0.15, 0.2) is 24.3 Å². The molecule has 1 atom stereocenters. The molecule has 0 saturated carbocycles. The molecule has 0 bridgehead atoms. The van der Waals surface area contributed by atoms with Gasteiger partial charge in [0.05, 0.1) is 12.4 Å². The number of rotatable bonds is 9. The van der Waals surface area contributed by atoms with E-state index >= 15 is 0 Å². The normalized spacial score (nSPS) is 13.6. The van der Waals surface area contributed by atoms with Crippen molar-refractivity contribution >= 4 is 10.0 Å². The van der Waals surface area contributed by atoms with Crippen LogP contribution in [0.3, 0.4) is 0 Å². The van der Waals surface area contributed by atoms with Crippen LogP contribution < -0.4 is 5.32 Å². The van der Waals surface area contributed by atoms with Gasteiger partial charge in [0.15, 0.2) is 0 Å². The number of aliphatic hydroxyl groups is 1. The van der Waals surface area contributed by atoms with E-state index in [-0.39, 0.29) is 12.1 Å². The Hall–Kier alpha value is -1.02. The fraction of sp³-hybridized carbons (Fsp3) is 0.571. The van der Waals surface area contributed by atoms with E-state index in [1.165, 1.54) is 16.6 Å². The Morgan fingerprint density at radius 3 is 2.62 bits per heavy atom. The zero-order chi connectivity index (χ0) is 15.9. The first-order valence-electron chi connectivity index (χ1n) is 6.94. The Balaban J connectivity index is 2.30. The van der Waals surface area contributed by atoms with Gasteiger partial charge in [-0.3, -0.25) is 0 Å². The van der Waals surface area contributed by atoms with Gasteiger partial charge in [0, 0.05) is 25.2 Å². The maximum atomic E-state index is 13.4. The number of benzene rings is 1. The van der Waals surface area contributed by atoms with E-state index in [9.17, 15) is 17.9 Å². The summed E-state index contributed by atoms with van der Waals surface area (Å²) in [6.45, 7) is 3.44. The maximum absolute atomic E-state index is 13.4. The van der Waals surface area contributed by atoms with Crippen LogP contribution in [0, 0.1) is 5.82 Å². The Labute approximate surface area is 125 Å². The molecule has 0 radical (unpaired) electrons. The van der Waals surface area contributed by atoms with Crippen molar-refractivity contribution in [2.24, 2.45) is 0 Å². The third-order valence-corrected chi connectivity index (χ3v) is 4.56. The zero-order valence-corrected chi connectivity index (χ0v) is 13.2. The standard InChI is InChI=1S/C14H23FN2O3S/c1-3-17(21(2,19)20)10-6-9-16-11-14(18)12-7-4-5-8-13(12)15/h4-5,7-8,14,16,18H,3,6,9-11H2,1-2H3. The van der Waals surface area contributed by atoms with Crippen molar-refractivity contribution in [1.82, 2.24) is 9.62 Å². The predicted octanol–water partition coefficient (Wildman–Crippen LogP) is 1.12. The van der Waals surface area contributed by atoms with E-state index in [4.69, 9.17) is 0 Å². The molecule has 2 N–H and O–H groups in total. The lowest BCUT2D eigenvalue weighted by Gasteiger charge is -2.18. The van der Waals surface area contributed by atoms with Gasteiger partial charge < -0.3 is 10.4 Å². The van der Waals surface area contributed by atoms with Crippen molar-refractivity contribution in [3.05, 3.63) is 35.6 Å². The topological polar surface area (TPSA) is 69.6 Å². The Kier molecular flexibility index (Phi) is 7.24. The van der Waals surface area contributed by atoms with Gasteiger partial charge in [0.1, 0.15) is 5.82 Å². The quantitative estimate of drug-likeness (QED) is 0.670. The predicted molar refractivity (Wildman–Crippen MR) is 80.9 cm³/mol. The molecule has 21 heavy (non-hydrogen) atoms. The van der Waals surface area contributed by atoms with Gasteiger partial charge in [-0.25, -0.2) is 17.1 Å². The second kappa shape index (κ2) is 8.43. The highest BCUT2D eigenvalue weighted by molar-refractivity contribution is 7.88. The SMILES string of the molecule is CCN(CCCNCC(O)c1ccccc1F)S(C)(=O)=O. The minimum atomic E-state index is -3.16. The summed E-state index contributed by atoms with van der Waals surface area (Å²) in [5.41, 5.74) is 0.260. The first-order valence-corrected chi connectivity index (χ1v) is 8.79. The van der Waals surface area contributed by atoms with Crippen molar-refractivity contribution in [2.75, 3.05) is 32.4 Å². The van der Waals surface area contributed by atoms with Crippen LogP contribution in [-0.2, 0) is 10.0 Å². The van der Waals surface area contributed by atoms with Crippen LogP contribution in [0.5, 0.6) is 0 Å². The Bertz CT molecular complexity index is 537. The second-order valence-corrected chi connectivity index (χ2v) is 6.83. The fourth-order valence-electron chi connectivity index (χ4n) is 2.03. The molecule has 0 aliphatic carbocycles. The first-order chi connectivity index (χ1) is 9.86. The third-order valence-electron chi connectivity index (χ3n) is 3.18. The molecule has 1 unspecified atom stereocenters. The number of nitrogens with zero attached hydrogens (tertiary/aromatic N) is 1. The van der Waals surface area contributed by atoms with Gasteiger partial charge in [0.25, 0.3) is 0 Å². The minimum absolute atomic E-state index is 0.228. The molecular formula is C14H23FN2O3S. The van der Waals surface area contributed by atoms with E-state index in [0.717, 1.165) is 0 Å². The molecule has 5 nitrogen and oxygen atoms in total. The van der Waals surface area contributed by atoms with E-state index in [1.54, 1.807) is 25.1 Å². The molecule has 0 aliphatic heterocycles. The molecule has 0 heterocycles. The molecule has 0 spiro atoms. The Morgan fingerprint density at radius 1 is 1.38 bits per heavy atom. The van der Waals surface area contributed by atoms with E-state index in [1.807, 2.05) is 0 Å². The van der Waals surface area contributed by atoms with Crippen LogP contribution in [0.2, 0.25) is 0 Å². The van der Waals surface area contributed by atoms with Gasteiger partial charge in [-0.1, -0.05) is 25.1 Å². The molecule has 120 valence electrons. The molecule has 0 saturated heterocycles. The van der Waals surface area contributed by atoms with Crippen molar-refractivity contribution < 1.29 is 17.9 Å². The number of halogens is 1. The van der Waals surface area contributed by atoms with E-state index < -0.39 is 21.9 Å². The number of aliphatic hydroxyl groups excluding tert-OH is 1. The molecule has 7 heteroatoms. The summed E-state index contributed by atoms with van der Waals surface area (Å²) in [6.07, 6.45) is 0.903. The first kappa shape index (κ1) is 18.0. The molecule has 1 aromatic rings. The summed E-state index contributed by atoms with van der Waals surface area (Å²) >= 11 is 0.